The van der Waals surface area contributed by atoms with Crippen molar-refractivity contribution in [3.63, 3.8) is 0 Å². The second-order valence-electron chi connectivity index (χ2n) is 3.00. The van der Waals surface area contributed by atoms with Crippen LogP contribution in [0, 0.1) is 0 Å². The van der Waals surface area contributed by atoms with Gasteiger partial charge < -0.3 is 10.0 Å². The molecule has 1 unspecified atom stereocenters. The molecular formula is C10H19NO2. The second kappa shape index (κ2) is 6.66. The Kier molecular flexibility index (Phi) is 6.24. The molecule has 0 aromatic carbocycles. The van der Waals surface area contributed by atoms with E-state index in [1.54, 1.807) is 17.9 Å². The summed E-state index contributed by atoms with van der Waals surface area (Å²) in [6.07, 6.45) is 3.40. The molecule has 1 N–H and O–H groups in total. The van der Waals surface area contributed by atoms with Crippen LogP contribution in [0.15, 0.2) is 12.2 Å². The number of nitrogens with zero attached hydrogens (tertiary/aromatic N) is 1. The second-order valence-corrected chi connectivity index (χ2v) is 3.00. The number of rotatable bonds is 5. The van der Waals surface area contributed by atoms with E-state index < -0.39 is 0 Å². The van der Waals surface area contributed by atoms with Crippen molar-refractivity contribution in [1.29, 1.82) is 0 Å². The molecule has 0 saturated heterocycles. The molecule has 0 fully saturated rings. The lowest BCUT2D eigenvalue weighted by atomic mass is 10.2. The Labute approximate surface area is 80.0 Å². The third-order valence-electron chi connectivity index (χ3n) is 1.81. The Morgan fingerprint density at radius 1 is 1.46 bits per heavy atom. The molecule has 0 spiro atoms. The normalized spacial score (nSPS) is 13.2. The molecule has 0 rings (SSSR count). The van der Waals surface area contributed by atoms with Gasteiger partial charge in [-0.05, 0) is 33.3 Å². The maximum atomic E-state index is 11.3. The van der Waals surface area contributed by atoms with E-state index in [2.05, 4.69) is 0 Å². The Bertz CT molecular complexity index is 172. The quantitative estimate of drug-likeness (QED) is 0.653. The van der Waals surface area contributed by atoms with Crippen molar-refractivity contribution in [3.8, 4) is 0 Å². The number of aliphatic hydroxyl groups is 1. The van der Waals surface area contributed by atoms with Crippen molar-refractivity contribution in [3.05, 3.63) is 12.2 Å². The van der Waals surface area contributed by atoms with Crippen LogP contribution < -0.4 is 0 Å². The minimum atomic E-state index is -0.374. The van der Waals surface area contributed by atoms with Gasteiger partial charge in [0.25, 0.3) is 0 Å². The molecular weight excluding hydrogens is 166 g/mol. The summed E-state index contributed by atoms with van der Waals surface area (Å²) >= 11 is 0. The molecule has 0 aromatic rings. The van der Waals surface area contributed by atoms with Crippen molar-refractivity contribution in [2.45, 2.75) is 33.3 Å². The Morgan fingerprint density at radius 2 is 2.00 bits per heavy atom. The van der Waals surface area contributed by atoms with E-state index in [-0.39, 0.29) is 12.0 Å². The number of amides is 1. The minimum absolute atomic E-state index is 0.0191. The standard InChI is InChI=1S/C10H19NO2/c1-4-11(5-2)10(13)8-6-7-9(3)12/h6,8-9,12H,4-5,7H2,1-3H3/b8-6+. The summed E-state index contributed by atoms with van der Waals surface area (Å²) in [7, 11) is 0. The van der Waals surface area contributed by atoms with E-state index >= 15 is 0 Å². The average molecular weight is 185 g/mol. The van der Waals surface area contributed by atoms with Gasteiger partial charge in [-0.1, -0.05) is 6.08 Å². The highest BCUT2D eigenvalue weighted by molar-refractivity contribution is 5.87. The zero-order valence-electron chi connectivity index (χ0n) is 8.66. The molecule has 0 aliphatic carbocycles. The van der Waals surface area contributed by atoms with Crippen LogP contribution in [0.4, 0.5) is 0 Å². The molecule has 0 aliphatic rings. The summed E-state index contributed by atoms with van der Waals surface area (Å²) in [6.45, 7) is 7.06. The fraction of sp³-hybridized carbons (Fsp3) is 0.700. The molecule has 0 radical (unpaired) electrons. The van der Waals surface area contributed by atoms with Crippen molar-refractivity contribution >= 4 is 5.91 Å². The molecule has 0 saturated carbocycles. The third-order valence-corrected chi connectivity index (χ3v) is 1.81. The largest absolute Gasteiger partial charge is 0.393 e. The first-order valence-corrected chi connectivity index (χ1v) is 4.75. The SMILES string of the molecule is CCN(CC)C(=O)/C=C/CC(C)O. The van der Waals surface area contributed by atoms with Gasteiger partial charge in [-0.2, -0.15) is 0 Å². The molecule has 0 aliphatic heterocycles. The lowest BCUT2D eigenvalue weighted by Gasteiger charge is -2.15. The summed E-state index contributed by atoms with van der Waals surface area (Å²) in [5, 5.41) is 8.94. The highest BCUT2D eigenvalue weighted by atomic mass is 16.3. The van der Waals surface area contributed by atoms with Gasteiger partial charge in [0.05, 0.1) is 6.10 Å². The van der Waals surface area contributed by atoms with Crippen LogP contribution in [-0.2, 0) is 4.79 Å². The van der Waals surface area contributed by atoms with Crippen LogP contribution in [0.5, 0.6) is 0 Å². The van der Waals surface area contributed by atoms with E-state index in [0.717, 1.165) is 13.1 Å². The number of likely N-dealkylation sites (N-methyl/N-ethyl adjacent to an activating group) is 1. The molecule has 3 nitrogen and oxygen atoms in total. The number of hydrogen-bond acceptors (Lipinski definition) is 2. The van der Waals surface area contributed by atoms with E-state index in [1.165, 1.54) is 6.08 Å². The average Bonchev–Trinajstić information content (AvgIpc) is 2.05. The Balaban J connectivity index is 3.90. The van der Waals surface area contributed by atoms with E-state index in [1.807, 2.05) is 13.8 Å². The van der Waals surface area contributed by atoms with Gasteiger partial charge in [-0.15, -0.1) is 0 Å². The van der Waals surface area contributed by atoms with Gasteiger partial charge in [0.1, 0.15) is 0 Å². The monoisotopic (exact) mass is 185 g/mol. The number of hydrogen-bond donors (Lipinski definition) is 1. The molecule has 0 aromatic heterocycles. The summed E-state index contributed by atoms with van der Waals surface area (Å²) in [4.78, 5) is 13.1. The van der Waals surface area contributed by atoms with Crippen LogP contribution in [0.25, 0.3) is 0 Å². The van der Waals surface area contributed by atoms with Crippen LogP contribution in [0.2, 0.25) is 0 Å². The summed E-state index contributed by atoms with van der Waals surface area (Å²) in [6, 6.07) is 0. The zero-order chi connectivity index (χ0) is 10.3. The number of aliphatic hydroxyl groups excluding tert-OH is 1. The van der Waals surface area contributed by atoms with Crippen LogP contribution in [0.1, 0.15) is 27.2 Å². The molecule has 1 atom stereocenters. The zero-order valence-corrected chi connectivity index (χ0v) is 8.66. The van der Waals surface area contributed by atoms with Gasteiger partial charge in [0, 0.05) is 13.1 Å². The van der Waals surface area contributed by atoms with Crippen LogP contribution in [0.3, 0.4) is 0 Å². The van der Waals surface area contributed by atoms with E-state index in [0.29, 0.717) is 6.42 Å². The van der Waals surface area contributed by atoms with E-state index in [4.69, 9.17) is 5.11 Å². The van der Waals surface area contributed by atoms with Gasteiger partial charge in [-0.3, -0.25) is 4.79 Å². The maximum Gasteiger partial charge on any atom is 0.246 e. The lowest BCUT2D eigenvalue weighted by molar-refractivity contribution is -0.125. The summed E-state index contributed by atoms with van der Waals surface area (Å²) < 4.78 is 0. The first-order valence-electron chi connectivity index (χ1n) is 4.75. The molecule has 76 valence electrons. The van der Waals surface area contributed by atoms with Gasteiger partial charge >= 0.3 is 0 Å². The molecule has 3 heteroatoms. The van der Waals surface area contributed by atoms with Crippen LogP contribution >= 0.6 is 0 Å². The van der Waals surface area contributed by atoms with Gasteiger partial charge in [0.15, 0.2) is 0 Å². The fourth-order valence-corrected chi connectivity index (χ4v) is 1.01. The minimum Gasteiger partial charge on any atom is -0.393 e. The van der Waals surface area contributed by atoms with Crippen molar-refractivity contribution in [2.75, 3.05) is 13.1 Å². The third kappa shape index (κ3) is 5.42. The van der Waals surface area contributed by atoms with E-state index in [9.17, 15) is 4.79 Å². The van der Waals surface area contributed by atoms with Gasteiger partial charge in [0.2, 0.25) is 5.91 Å². The summed E-state index contributed by atoms with van der Waals surface area (Å²) in [5.74, 6) is 0.0191. The predicted molar refractivity (Wildman–Crippen MR) is 53.4 cm³/mol. The highest BCUT2D eigenvalue weighted by Gasteiger charge is 2.03. The fourth-order valence-electron chi connectivity index (χ4n) is 1.01. The summed E-state index contributed by atoms with van der Waals surface area (Å²) in [5.41, 5.74) is 0. The molecule has 0 heterocycles. The molecule has 0 bridgehead atoms. The Hall–Kier alpha value is -0.830. The number of carbonyl (C=O) groups excluding carboxylic acids is 1. The first kappa shape index (κ1) is 12.2. The predicted octanol–water partition coefficient (Wildman–Crippen LogP) is 1.18. The van der Waals surface area contributed by atoms with Crippen molar-refractivity contribution in [2.24, 2.45) is 0 Å². The first-order chi connectivity index (χ1) is 6.11. The molecule has 1 amide bonds. The topological polar surface area (TPSA) is 40.5 Å². The van der Waals surface area contributed by atoms with Crippen LogP contribution in [-0.4, -0.2) is 35.1 Å². The molecule has 13 heavy (non-hydrogen) atoms. The van der Waals surface area contributed by atoms with Crippen molar-refractivity contribution in [1.82, 2.24) is 4.90 Å². The number of carbonyl (C=O) groups is 1. The van der Waals surface area contributed by atoms with Crippen molar-refractivity contribution < 1.29 is 9.90 Å². The Morgan fingerprint density at radius 3 is 2.38 bits per heavy atom. The highest BCUT2D eigenvalue weighted by Crippen LogP contribution is 1.94. The maximum absolute atomic E-state index is 11.3. The van der Waals surface area contributed by atoms with Gasteiger partial charge in [-0.25, -0.2) is 0 Å². The lowest BCUT2D eigenvalue weighted by Crippen LogP contribution is -2.28. The smallest absolute Gasteiger partial charge is 0.246 e.